The minimum atomic E-state index is -0.525. The summed E-state index contributed by atoms with van der Waals surface area (Å²) in [5.41, 5.74) is 8.67. The van der Waals surface area contributed by atoms with E-state index < -0.39 is 5.41 Å². The molecular weight excluding hydrogens is 380 g/mol. The highest BCUT2D eigenvalue weighted by molar-refractivity contribution is 6.06. The first-order chi connectivity index (χ1) is 14.3. The number of amides is 1. The standard InChI is InChI=1S/C21H26N8O/c1-11(12-8-13(22)9-12)24-17-18-27-20(28-29(18)7-6-23-17)25-14-4-5-15-16(10-14)26-19(30)21(15,2)3/h4-7,10-13H,8-9,22H2,1-3H3,(H,23,24)(H,25,28)(H,26,30)/t11-,12?,13?/m1/s1. The number of nitrogens with two attached hydrogens (primary N) is 1. The minimum absolute atomic E-state index is 0.00355. The van der Waals surface area contributed by atoms with Gasteiger partial charge in [-0.25, -0.2) is 9.50 Å². The molecule has 0 saturated heterocycles. The number of aromatic nitrogens is 4. The zero-order valence-electron chi connectivity index (χ0n) is 17.3. The van der Waals surface area contributed by atoms with E-state index in [1.165, 1.54) is 0 Å². The maximum Gasteiger partial charge on any atom is 0.247 e. The molecule has 9 nitrogen and oxygen atoms in total. The highest BCUT2D eigenvalue weighted by atomic mass is 16.2. The van der Waals surface area contributed by atoms with Crippen molar-refractivity contribution in [2.75, 3.05) is 16.0 Å². The SMILES string of the molecule is C[C@@H](Nc1nccn2nc(Nc3ccc4c(c3)NC(=O)C4(C)C)nc12)C1CC(N)C1. The number of anilines is 4. The van der Waals surface area contributed by atoms with E-state index in [9.17, 15) is 4.79 Å². The van der Waals surface area contributed by atoms with Gasteiger partial charge < -0.3 is 21.7 Å². The normalized spacial score (nSPS) is 22.9. The molecule has 30 heavy (non-hydrogen) atoms. The van der Waals surface area contributed by atoms with Gasteiger partial charge in [0.2, 0.25) is 11.9 Å². The van der Waals surface area contributed by atoms with E-state index in [1.807, 2.05) is 32.0 Å². The zero-order valence-corrected chi connectivity index (χ0v) is 17.3. The molecule has 0 spiro atoms. The summed E-state index contributed by atoms with van der Waals surface area (Å²) >= 11 is 0. The lowest BCUT2D eigenvalue weighted by Gasteiger charge is -2.37. The summed E-state index contributed by atoms with van der Waals surface area (Å²) in [4.78, 5) is 21.3. The van der Waals surface area contributed by atoms with Gasteiger partial charge in [-0.2, -0.15) is 4.98 Å². The van der Waals surface area contributed by atoms with E-state index in [0.717, 1.165) is 29.8 Å². The summed E-state index contributed by atoms with van der Waals surface area (Å²) in [6.07, 6.45) is 5.54. The van der Waals surface area contributed by atoms with Crippen molar-refractivity contribution in [1.82, 2.24) is 19.6 Å². The van der Waals surface area contributed by atoms with Gasteiger partial charge in [0.1, 0.15) is 0 Å². The minimum Gasteiger partial charge on any atom is -0.364 e. The zero-order chi connectivity index (χ0) is 21.0. The Morgan fingerprint density at radius 1 is 1.33 bits per heavy atom. The highest BCUT2D eigenvalue weighted by Crippen LogP contribution is 2.39. The summed E-state index contributed by atoms with van der Waals surface area (Å²) in [6.45, 7) is 5.99. The third-order valence-electron chi connectivity index (χ3n) is 6.30. The first-order valence-electron chi connectivity index (χ1n) is 10.3. The Balaban J connectivity index is 1.37. The van der Waals surface area contributed by atoms with Crippen molar-refractivity contribution in [2.45, 2.75) is 51.1 Å². The lowest BCUT2D eigenvalue weighted by atomic mass is 9.76. The van der Waals surface area contributed by atoms with Crippen LogP contribution in [0, 0.1) is 5.92 Å². The number of hydrogen-bond acceptors (Lipinski definition) is 7. The molecule has 5 rings (SSSR count). The van der Waals surface area contributed by atoms with Gasteiger partial charge >= 0.3 is 0 Å². The fourth-order valence-corrected chi connectivity index (χ4v) is 4.22. The van der Waals surface area contributed by atoms with E-state index in [2.05, 4.69) is 37.9 Å². The van der Waals surface area contributed by atoms with Gasteiger partial charge in [-0.1, -0.05) is 6.07 Å². The van der Waals surface area contributed by atoms with Gasteiger partial charge in [-0.15, -0.1) is 5.10 Å². The molecule has 9 heteroatoms. The van der Waals surface area contributed by atoms with E-state index in [1.54, 1.807) is 16.9 Å². The number of nitrogens with one attached hydrogen (secondary N) is 3. The molecule has 1 amide bonds. The van der Waals surface area contributed by atoms with Crippen LogP contribution in [0.15, 0.2) is 30.6 Å². The van der Waals surface area contributed by atoms with Crippen LogP contribution in [0.1, 0.15) is 39.2 Å². The second-order valence-electron chi connectivity index (χ2n) is 8.87. The Bertz CT molecular complexity index is 1130. The predicted octanol–water partition coefficient (Wildman–Crippen LogP) is 2.64. The molecule has 5 N–H and O–H groups in total. The number of benzene rings is 1. The highest BCUT2D eigenvalue weighted by Gasteiger charge is 2.38. The van der Waals surface area contributed by atoms with Gasteiger partial charge in [0.05, 0.1) is 5.41 Å². The smallest absolute Gasteiger partial charge is 0.247 e. The Hall–Kier alpha value is -3.20. The summed E-state index contributed by atoms with van der Waals surface area (Å²) < 4.78 is 1.70. The van der Waals surface area contributed by atoms with Gasteiger partial charge in [-0.3, -0.25) is 4.79 Å². The molecule has 0 bridgehead atoms. The van der Waals surface area contributed by atoms with Crippen molar-refractivity contribution >= 4 is 34.7 Å². The van der Waals surface area contributed by atoms with Crippen LogP contribution in [0.3, 0.4) is 0 Å². The molecule has 3 aromatic rings. The fourth-order valence-electron chi connectivity index (χ4n) is 4.22. The molecule has 1 saturated carbocycles. The summed E-state index contributed by atoms with van der Waals surface area (Å²) in [5.74, 6) is 1.72. The molecule has 0 unspecified atom stereocenters. The van der Waals surface area contributed by atoms with E-state index in [0.29, 0.717) is 29.4 Å². The van der Waals surface area contributed by atoms with Crippen LogP contribution in [0.4, 0.5) is 23.1 Å². The van der Waals surface area contributed by atoms with Crippen LogP contribution in [0.2, 0.25) is 0 Å². The van der Waals surface area contributed by atoms with E-state index >= 15 is 0 Å². The first-order valence-corrected chi connectivity index (χ1v) is 10.3. The van der Waals surface area contributed by atoms with Crippen molar-refractivity contribution < 1.29 is 4.79 Å². The van der Waals surface area contributed by atoms with Gasteiger partial charge in [0.25, 0.3) is 0 Å². The lowest BCUT2D eigenvalue weighted by Crippen LogP contribution is -2.44. The average molecular weight is 406 g/mol. The van der Waals surface area contributed by atoms with Crippen molar-refractivity contribution in [1.29, 1.82) is 0 Å². The van der Waals surface area contributed by atoms with Crippen LogP contribution >= 0.6 is 0 Å². The van der Waals surface area contributed by atoms with Crippen LogP contribution in [0.25, 0.3) is 5.65 Å². The molecule has 1 fully saturated rings. The monoisotopic (exact) mass is 406 g/mol. The van der Waals surface area contributed by atoms with Gasteiger partial charge in [-0.05, 0) is 57.2 Å². The molecule has 2 aliphatic rings. The predicted molar refractivity (Wildman–Crippen MR) is 116 cm³/mol. The summed E-state index contributed by atoms with van der Waals surface area (Å²) in [5, 5.41) is 14.2. The van der Waals surface area contributed by atoms with Gasteiger partial charge in [0.15, 0.2) is 11.5 Å². The Morgan fingerprint density at radius 2 is 2.13 bits per heavy atom. The van der Waals surface area contributed by atoms with Crippen molar-refractivity contribution in [3.05, 3.63) is 36.2 Å². The molecule has 1 aliphatic carbocycles. The first kappa shape index (κ1) is 18.8. The third-order valence-corrected chi connectivity index (χ3v) is 6.30. The number of carbonyl (C=O) groups excluding carboxylic acids is 1. The Labute approximate surface area is 174 Å². The maximum atomic E-state index is 12.2. The van der Waals surface area contributed by atoms with Crippen LogP contribution in [-0.4, -0.2) is 37.6 Å². The Morgan fingerprint density at radius 3 is 2.90 bits per heavy atom. The number of hydrogen-bond donors (Lipinski definition) is 4. The lowest BCUT2D eigenvalue weighted by molar-refractivity contribution is -0.119. The van der Waals surface area contributed by atoms with Crippen LogP contribution < -0.4 is 21.7 Å². The average Bonchev–Trinajstić information content (AvgIpc) is 3.17. The van der Waals surface area contributed by atoms with E-state index in [4.69, 9.17) is 5.73 Å². The molecule has 1 atom stereocenters. The molecule has 156 valence electrons. The largest absolute Gasteiger partial charge is 0.364 e. The second-order valence-corrected chi connectivity index (χ2v) is 8.87. The van der Waals surface area contributed by atoms with Crippen LogP contribution in [-0.2, 0) is 10.2 Å². The van der Waals surface area contributed by atoms with Crippen molar-refractivity contribution in [3.63, 3.8) is 0 Å². The summed E-state index contributed by atoms with van der Waals surface area (Å²) in [6, 6.07) is 6.39. The number of nitrogens with zero attached hydrogens (tertiary/aromatic N) is 4. The molecule has 0 radical (unpaired) electrons. The van der Waals surface area contributed by atoms with Crippen LogP contribution in [0.5, 0.6) is 0 Å². The molecule has 1 aliphatic heterocycles. The number of rotatable bonds is 5. The van der Waals surface area contributed by atoms with Gasteiger partial charge in [0, 0.05) is 35.9 Å². The van der Waals surface area contributed by atoms with E-state index in [-0.39, 0.29) is 11.9 Å². The number of fused-ring (bicyclic) bond motifs is 2. The Kier molecular flexibility index (Phi) is 4.18. The van der Waals surface area contributed by atoms with Crippen molar-refractivity contribution in [2.24, 2.45) is 11.7 Å². The molecule has 2 aromatic heterocycles. The molecular formula is C21H26N8O. The molecule has 3 heterocycles. The molecule has 1 aromatic carbocycles. The topological polar surface area (TPSA) is 122 Å². The summed E-state index contributed by atoms with van der Waals surface area (Å²) in [7, 11) is 0. The van der Waals surface area contributed by atoms with Crippen molar-refractivity contribution in [3.8, 4) is 0 Å². The quantitative estimate of drug-likeness (QED) is 0.514. The second kappa shape index (κ2) is 6.66. The maximum absolute atomic E-state index is 12.2. The fraction of sp³-hybridized carbons (Fsp3) is 0.429. The number of carbonyl (C=O) groups is 1. The third kappa shape index (κ3) is 3.06.